The highest BCUT2D eigenvalue weighted by Gasteiger charge is 1.95. The Morgan fingerprint density at radius 2 is 2.07 bits per heavy atom. The number of aliphatic imine (C=N–C) groups is 1. The summed E-state index contributed by atoms with van der Waals surface area (Å²) in [6.45, 7) is 2.97. The second-order valence-corrected chi connectivity index (χ2v) is 2.92. The number of nitrogens with two attached hydrogens (primary N) is 2. The summed E-state index contributed by atoms with van der Waals surface area (Å²) in [5, 5.41) is 0. The predicted molar refractivity (Wildman–Crippen MR) is 57.4 cm³/mol. The summed E-state index contributed by atoms with van der Waals surface area (Å²) in [4.78, 5) is 3.82. The number of para-hydroxylation sites is 1. The fourth-order valence-corrected chi connectivity index (χ4v) is 1.05. The average Bonchev–Trinajstić information content (AvgIpc) is 2.15. The highest BCUT2D eigenvalue weighted by molar-refractivity contribution is 5.75. The molecule has 0 aliphatic rings. The minimum absolute atomic E-state index is 0.0957. The van der Waals surface area contributed by atoms with Crippen molar-refractivity contribution in [2.24, 2.45) is 16.5 Å². The molecule has 1 aromatic carbocycles. The van der Waals surface area contributed by atoms with Crippen molar-refractivity contribution in [3.8, 4) is 5.75 Å². The lowest BCUT2D eigenvalue weighted by atomic mass is 10.2. The van der Waals surface area contributed by atoms with Crippen LogP contribution >= 0.6 is 0 Å². The molecule has 0 bridgehead atoms. The van der Waals surface area contributed by atoms with Gasteiger partial charge >= 0.3 is 0 Å². The zero-order valence-electron chi connectivity index (χ0n) is 8.23. The topological polar surface area (TPSA) is 73.6 Å². The standard InChI is InChI=1S/C10H15N3O/c1-8-4-2-3-5-9(8)14-7-6-13-10(11)12/h2-5H,6-7H2,1H3,(H4,11,12,13). The van der Waals surface area contributed by atoms with Gasteiger partial charge in [0.25, 0.3) is 0 Å². The molecule has 0 radical (unpaired) electrons. The summed E-state index contributed by atoms with van der Waals surface area (Å²) in [6, 6.07) is 7.82. The van der Waals surface area contributed by atoms with E-state index in [4.69, 9.17) is 16.2 Å². The van der Waals surface area contributed by atoms with Crippen LogP contribution in [0.2, 0.25) is 0 Å². The van der Waals surface area contributed by atoms with Gasteiger partial charge in [0.2, 0.25) is 0 Å². The molecule has 4 nitrogen and oxygen atoms in total. The lowest BCUT2D eigenvalue weighted by Gasteiger charge is -2.06. The van der Waals surface area contributed by atoms with Crippen molar-refractivity contribution in [1.82, 2.24) is 0 Å². The zero-order valence-corrected chi connectivity index (χ0v) is 8.23. The van der Waals surface area contributed by atoms with E-state index in [0.29, 0.717) is 13.2 Å². The number of ether oxygens (including phenoxy) is 1. The molecule has 76 valence electrons. The highest BCUT2D eigenvalue weighted by Crippen LogP contribution is 2.15. The highest BCUT2D eigenvalue weighted by atomic mass is 16.5. The van der Waals surface area contributed by atoms with Crippen molar-refractivity contribution in [2.75, 3.05) is 13.2 Å². The summed E-state index contributed by atoms with van der Waals surface area (Å²) in [5.41, 5.74) is 11.5. The number of rotatable bonds is 4. The van der Waals surface area contributed by atoms with E-state index in [1.54, 1.807) is 0 Å². The first kappa shape index (κ1) is 10.4. The van der Waals surface area contributed by atoms with Crippen molar-refractivity contribution >= 4 is 5.96 Å². The van der Waals surface area contributed by atoms with Gasteiger partial charge in [-0.15, -0.1) is 0 Å². The third-order valence-corrected chi connectivity index (χ3v) is 1.74. The SMILES string of the molecule is Cc1ccccc1OCCN=C(N)N. The van der Waals surface area contributed by atoms with Gasteiger partial charge in [-0.05, 0) is 18.6 Å². The van der Waals surface area contributed by atoms with Gasteiger partial charge in [-0.2, -0.15) is 0 Å². The Bertz CT molecular complexity index is 319. The minimum Gasteiger partial charge on any atom is -0.491 e. The number of hydrogen-bond donors (Lipinski definition) is 2. The molecule has 14 heavy (non-hydrogen) atoms. The van der Waals surface area contributed by atoms with Gasteiger partial charge in [0.05, 0.1) is 6.54 Å². The number of hydrogen-bond acceptors (Lipinski definition) is 2. The zero-order chi connectivity index (χ0) is 10.4. The third-order valence-electron chi connectivity index (χ3n) is 1.74. The molecule has 0 saturated carbocycles. The molecule has 0 heterocycles. The molecular weight excluding hydrogens is 178 g/mol. The number of guanidine groups is 1. The molecule has 0 fully saturated rings. The minimum atomic E-state index is 0.0957. The Kier molecular flexibility index (Phi) is 3.79. The monoisotopic (exact) mass is 193 g/mol. The second-order valence-electron chi connectivity index (χ2n) is 2.92. The molecule has 1 rings (SSSR count). The Balaban J connectivity index is 2.39. The van der Waals surface area contributed by atoms with E-state index in [2.05, 4.69) is 4.99 Å². The van der Waals surface area contributed by atoms with Gasteiger partial charge in [-0.25, -0.2) is 0 Å². The maximum atomic E-state index is 5.47. The van der Waals surface area contributed by atoms with Crippen LogP contribution in [0, 0.1) is 6.92 Å². The van der Waals surface area contributed by atoms with Gasteiger partial charge < -0.3 is 16.2 Å². The van der Waals surface area contributed by atoms with Crippen LogP contribution in [0.3, 0.4) is 0 Å². The molecule has 0 aliphatic heterocycles. The molecule has 4 heteroatoms. The Labute approximate surface area is 83.6 Å². The van der Waals surface area contributed by atoms with Gasteiger partial charge in [-0.1, -0.05) is 18.2 Å². The Morgan fingerprint density at radius 3 is 2.71 bits per heavy atom. The van der Waals surface area contributed by atoms with Crippen LogP contribution in [-0.2, 0) is 0 Å². The fourth-order valence-electron chi connectivity index (χ4n) is 1.05. The molecular formula is C10H15N3O. The molecule has 0 saturated heterocycles. The second kappa shape index (κ2) is 5.11. The maximum absolute atomic E-state index is 5.47. The normalized spacial score (nSPS) is 9.50. The number of aryl methyl sites for hydroxylation is 1. The van der Waals surface area contributed by atoms with E-state index >= 15 is 0 Å². The fraction of sp³-hybridized carbons (Fsp3) is 0.300. The molecule has 0 atom stereocenters. The van der Waals surface area contributed by atoms with Gasteiger partial charge in [0.1, 0.15) is 12.4 Å². The lowest BCUT2D eigenvalue weighted by molar-refractivity contribution is 0.326. The summed E-state index contributed by atoms with van der Waals surface area (Å²) in [6.07, 6.45) is 0. The average molecular weight is 193 g/mol. The molecule has 0 amide bonds. The molecule has 4 N–H and O–H groups in total. The molecule has 0 spiro atoms. The first-order chi connectivity index (χ1) is 6.70. The van der Waals surface area contributed by atoms with Crippen LogP contribution < -0.4 is 16.2 Å². The lowest BCUT2D eigenvalue weighted by Crippen LogP contribution is -2.23. The van der Waals surface area contributed by atoms with Crippen LogP contribution in [-0.4, -0.2) is 19.1 Å². The van der Waals surface area contributed by atoms with Crippen LogP contribution in [0.1, 0.15) is 5.56 Å². The Morgan fingerprint density at radius 1 is 1.36 bits per heavy atom. The molecule has 1 aromatic rings. The van der Waals surface area contributed by atoms with E-state index < -0.39 is 0 Å². The first-order valence-electron chi connectivity index (χ1n) is 4.44. The van der Waals surface area contributed by atoms with E-state index in [0.717, 1.165) is 11.3 Å². The van der Waals surface area contributed by atoms with Gasteiger partial charge in [-0.3, -0.25) is 4.99 Å². The van der Waals surface area contributed by atoms with Crippen molar-refractivity contribution in [1.29, 1.82) is 0 Å². The van der Waals surface area contributed by atoms with Crippen molar-refractivity contribution < 1.29 is 4.74 Å². The van der Waals surface area contributed by atoms with Gasteiger partial charge in [0.15, 0.2) is 5.96 Å². The smallest absolute Gasteiger partial charge is 0.186 e. The van der Waals surface area contributed by atoms with Crippen LogP contribution in [0.15, 0.2) is 29.3 Å². The summed E-state index contributed by atoms with van der Waals surface area (Å²) >= 11 is 0. The van der Waals surface area contributed by atoms with Gasteiger partial charge in [0, 0.05) is 0 Å². The summed E-state index contributed by atoms with van der Waals surface area (Å²) < 4.78 is 5.47. The number of nitrogens with zero attached hydrogens (tertiary/aromatic N) is 1. The van der Waals surface area contributed by atoms with Crippen LogP contribution in [0.5, 0.6) is 5.75 Å². The number of benzene rings is 1. The van der Waals surface area contributed by atoms with E-state index in [1.807, 2.05) is 31.2 Å². The van der Waals surface area contributed by atoms with Crippen LogP contribution in [0.25, 0.3) is 0 Å². The van der Waals surface area contributed by atoms with Crippen molar-refractivity contribution in [3.63, 3.8) is 0 Å². The third kappa shape index (κ3) is 3.35. The summed E-state index contributed by atoms with van der Waals surface area (Å²) in [5.74, 6) is 0.969. The molecule has 0 aliphatic carbocycles. The van der Waals surface area contributed by atoms with Crippen molar-refractivity contribution in [2.45, 2.75) is 6.92 Å². The first-order valence-corrected chi connectivity index (χ1v) is 4.44. The maximum Gasteiger partial charge on any atom is 0.186 e. The van der Waals surface area contributed by atoms with E-state index in [-0.39, 0.29) is 5.96 Å². The summed E-state index contributed by atoms with van der Waals surface area (Å²) in [7, 11) is 0. The quantitative estimate of drug-likeness (QED) is 0.419. The molecule has 0 unspecified atom stereocenters. The largest absolute Gasteiger partial charge is 0.491 e. The van der Waals surface area contributed by atoms with E-state index in [9.17, 15) is 0 Å². The van der Waals surface area contributed by atoms with Crippen molar-refractivity contribution in [3.05, 3.63) is 29.8 Å². The van der Waals surface area contributed by atoms with E-state index in [1.165, 1.54) is 0 Å². The van der Waals surface area contributed by atoms with Crippen LogP contribution in [0.4, 0.5) is 0 Å². The predicted octanol–water partition coefficient (Wildman–Crippen LogP) is 0.647. The molecule has 0 aromatic heterocycles. The Hall–Kier alpha value is -1.71.